The van der Waals surface area contributed by atoms with E-state index in [1.165, 1.54) is 7.11 Å². The molecule has 0 fully saturated rings. The van der Waals surface area contributed by atoms with E-state index in [4.69, 9.17) is 4.74 Å². The zero-order chi connectivity index (χ0) is 18.7. The topological polar surface area (TPSA) is 76.3 Å². The molecule has 6 nitrogen and oxygen atoms in total. The van der Waals surface area contributed by atoms with Crippen molar-refractivity contribution in [1.82, 2.24) is 4.57 Å². The van der Waals surface area contributed by atoms with Gasteiger partial charge in [0.2, 0.25) is 0 Å². The lowest BCUT2D eigenvalue weighted by molar-refractivity contribution is 0.187. The molecule has 0 unspecified atom stereocenters. The minimum Gasteiger partial charge on any atom is -0.497 e. The lowest BCUT2D eigenvalue weighted by atomic mass is 10.1. The molecule has 0 bridgehead atoms. The van der Waals surface area contributed by atoms with Gasteiger partial charge in [-0.2, -0.15) is 5.26 Å². The smallest absolute Gasteiger partial charge is 0.411 e. The molecule has 1 amide bonds. The number of hydrogen-bond donors (Lipinski definition) is 1. The number of nitrogens with one attached hydrogen (secondary N) is 1. The largest absolute Gasteiger partial charge is 0.497 e. The summed E-state index contributed by atoms with van der Waals surface area (Å²) in [5.74, 6) is 0.714. The van der Waals surface area contributed by atoms with Gasteiger partial charge in [0.25, 0.3) is 0 Å². The fourth-order valence-electron chi connectivity index (χ4n) is 3.08. The molecule has 3 aromatic rings. The van der Waals surface area contributed by atoms with Crippen LogP contribution in [0, 0.1) is 11.3 Å². The zero-order valence-electron chi connectivity index (χ0n) is 14.9. The van der Waals surface area contributed by atoms with Crippen molar-refractivity contribution in [2.45, 2.75) is 13.5 Å². The van der Waals surface area contributed by atoms with E-state index in [-0.39, 0.29) is 0 Å². The number of anilines is 1. The summed E-state index contributed by atoms with van der Waals surface area (Å²) in [6, 6.07) is 15.4. The molecule has 0 spiro atoms. The second-order valence-corrected chi connectivity index (χ2v) is 5.66. The Balaban J connectivity index is 2.15. The van der Waals surface area contributed by atoms with Crippen molar-refractivity contribution in [3.63, 3.8) is 0 Å². The lowest BCUT2D eigenvalue weighted by Crippen LogP contribution is -2.10. The average molecular weight is 349 g/mol. The Hall–Kier alpha value is -3.46. The molecule has 1 heterocycles. The van der Waals surface area contributed by atoms with Gasteiger partial charge in [-0.25, -0.2) is 4.79 Å². The third-order valence-electron chi connectivity index (χ3n) is 4.29. The number of carbonyl (C=O) groups is 1. The first-order chi connectivity index (χ1) is 12.6. The molecule has 6 heteroatoms. The van der Waals surface area contributed by atoms with Crippen LogP contribution in [0.25, 0.3) is 22.2 Å². The maximum Gasteiger partial charge on any atom is 0.411 e. The summed E-state index contributed by atoms with van der Waals surface area (Å²) in [6.45, 7) is 2.77. The van der Waals surface area contributed by atoms with E-state index in [2.05, 4.69) is 20.7 Å². The molecule has 0 atom stereocenters. The highest BCUT2D eigenvalue weighted by Gasteiger charge is 2.18. The molecule has 26 heavy (non-hydrogen) atoms. The number of rotatable bonds is 4. The summed E-state index contributed by atoms with van der Waals surface area (Å²) in [4.78, 5) is 11.3. The number of aromatic nitrogens is 1. The molecular weight excluding hydrogens is 330 g/mol. The van der Waals surface area contributed by atoms with Crippen LogP contribution >= 0.6 is 0 Å². The van der Waals surface area contributed by atoms with Crippen LogP contribution in [-0.2, 0) is 11.3 Å². The molecule has 0 radical (unpaired) electrons. The minimum absolute atomic E-state index is 0.523. The van der Waals surface area contributed by atoms with Crippen molar-refractivity contribution in [2.75, 3.05) is 19.5 Å². The Labute approximate surface area is 151 Å². The van der Waals surface area contributed by atoms with Gasteiger partial charge in [0.15, 0.2) is 0 Å². The number of amides is 1. The first-order valence-electron chi connectivity index (χ1n) is 8.18. The van der Waals surface area contributed by atoms with Crippen molar-refractivity contribution in [3.05, 3.63) is 48.0 Å². The van der Waals surface area contributed by atoms with Crippen molar-refractivity contribution in [3.8, 4) is 23.1 Å². The third-order valence-corrected chi connectivity index (χ3v) is 4.29. The first-order valence-corrected chi connectivity index (χ1v) is 8.18. The summed E-state index contributed by atoms with van der Waals surface area (Å²) in [7, 11) is 2.93. The summed E-state index contributed by atoms with van der Waals surface area (Å²) >= 11 is 0. The monoisotopic (exact) mass is 349 g/mol. The van der Waals surface area contributed by atoms with E-state index >= 15 is 0 Å². The third kappa shape index (κ3) is 2.95. The van der Waals surface area contributed by atoms with E-state index in [1.54, 1.807) is 19.2 Å². The second-order valence-electron chi connectivity index (χ2n) is 5.66. The number of methoxy groups -OCH3 is 2. The van der Waals surface area contributed by atoms with Gasteiger partial charge in [-0.1, -0.05) is 12.1 Å². The molecule has 2 aromatic carbocycles. The van der Waals surface area contributed by atoms with Crippen LogP contribution in [0.4, 0.5) is 10.5 Å². The van der Waals surface area contributed by atoms with Gasteiger partial charge in [0, 0.05) is 17.6 Å². The fourth-order valence-corrected chi connectivity index (χ4v) is 3.08. The van der Waals surface area contributed by atoms with Crippen LogP contribution in [0.15, 0.2) is 42.5 Å². The van der Waals surface area contributed by atoms with Crippen molar-refractivity contribution < 1.29 is 14.3 Å². The summed E-state index contributed by atoms with van der Waals surface area (Å²) < 4.78 is 12.0. The number of aryl methyl sites for hydroxylation is 1. The molecule has 1 N–H and O–H groups in total. The maximum atomic E-state index is 11.3. The van der Waals surface area contributed by atoms with E-state index < -0.39 is 6.09 Å². The first kappa shape index (κ1) is 17.4. The molecule has 0 saturated carbocycles. The standard InChI is InChI=1S/C20H19N3O3/c1-4-23-18-10-9-15(25-2)11-16(18)17(12-21)19(23)13-5-7-14(8-6-13)22-20(24)26-3/h5-11H,4H2,1-3H3,(H,22,24). The summed E-state index contributed by atoms with van der Waals surface area (Å²) in [5.41, 5.74) is 3.96. The molecule has 0 saturated heterocycles. The van der Waals surface area contributed by atoms with E-state index in [1.807, 2.05) is 37.3 Å². The molecule has 3 rings (SSSR count). The predicted molar refractivity (Wildman–Crippen MR) is 100 cm³/mol. The maximum absolute atomic E-state index is 11.3. The van der Waals surface area contributed by atoms with Crippen molar-refractivity contribution in [1.29, 1.82) is 5.26 Å². The Morgan fingerprint density at radius 3 is 2.50 bits per heavy atom. The van der Waals surface area contributed by atoms with E-state index in [0.29, 0.717) is 17.0 Å². The number of nitrogens with zero attached hydrogens (tertiary/aromatic N) is 2. The molecular formula is C20H19N3O3. The number of hydrogen-bond acceptors (Lipinski definition) is 4. The second kappa shape index (κ2) is 7.19. The molecule has 0 aliphatic carbocycles. The SMILES string of the molecule is CCn1c(-c2ccc(NC(=O)OC)cc2)c(C#N)c2cc(OC)ccc21. The average Bonchev–Trinajstić information content (AvgIpc) is 3.00. The summed E-state index contributed by atoms with van der Waals surface area (Å²) in [6.07, 6.45) is -0.523. The number of carbonyl (C=O) groups excluding carboxylic acids is 1. The normalized spacial score (nSPS) is 10.4. The fraction of sp³-hybridized carbons (Fsp3) is 0.200. The number of nitriles is 1. The van der Waals surface area contributed by atoms with Gasteiger partial charge < -0.3 is 14.0 Å². The number of fused-ring (bicyclic) bond motifs is 1. The molecule has 0 aliphatic heterocycles. The lowest BCUT2D eigenvalue weighted by Gasteiger charge is -2.10. The Bertz CT molecular complexity index is 998. The minimum atomic E-state index is -0.523. The van der Waals surface area contributed by atoms with Crippen LogP contribution in [0.3, 0.4) is 0 Å². The molecule has 132 valence electrons. The highest BCUT2D eigenvalue weighted by atomic mass is 16.5. The van der Waals surface area contributed by atoms with Crippen LogP contribution in [0.5, 0.6) is 5.75 Å². The highest BCUT2D eigenvalue weighted by molar-refractivity contribution is 5.95. The van der Waals surface area contributed by atoms with Crippen molar-refractivity contribution >= 4 is 22.7 Å². The van der Waals surface area contributed by atoms with E-state index in [0.717, 1.165) is 28.7 Å². The van der Waals surface area contributed by atoms with Crippen LogP contribution in [0.2, 0.25) is 0 Å². The summed E-state index contributed by atoms with van der Waals surface area (Å²) in [5, 5.41) is 13.3. The van der Waals surface area contributed by atoms with Gasteiger partial charge in [-0.15, -0.1) is 0 Å². The quantitative estimate of drug-likeness (QED) is 0.758. The molecule has 1 aromatic heterocycles. The molecule has 0 aliphatic rings. The Morgan fingerprint density at radius 1 is 1.19 bits per heavy atom. The Morgan fingerprint density at radius 2 is 1.92 bits per heavy atom. The van der Waals surface area contributed by atoms with Crippen LogP contribution < -0.4 is 10.1 Å². The van der Waals surface area contributed by atoms with Gasteiger partial charge in [-0.3, -0.25) is 5.32 Å². The van der Waals surface area contributed by atoms with Crippen LogP contribution in [0.1, 0.15) is 12.5 Å². The Kier molecular flexibility index (Phi) is 4.81. The number of ether oxygens (including phenoxy) is 2. The highest BCUT2D eigenvalue weighted by Crippen LogP contribution is 2.35. The van der Waals surface area contributed by atoms with Gasteiger partial charge in [0.05, 0.1) is 31.0 Å². The zero-order valence-corrected chi connectivity index (χ0v) is 14.9. The van der Waals surface area contributed by atoms with Gasteiger partial charge >= 0.3 is 6.09 Å². The van der Waals surface area contributed by atoms with Gasteiger partial charge in [-0.05, 0) is 42.8 Å². The van der Waals surface area contributed by atoms with Crippen molar-refractivity contribution in [2.24, 2.45) is 0 Å². The number of benzene rings is 2. The van der Waals surface area contributed by atoms with Gasteiger partial charge in [0.1, 0.15) is 11.8 Å². The van der Waals surface area contributed by atoms with E-state index in [9.17, 15) is 10.1 Å². The predicted octanol–water partition coefficient (Wildman–Crippen LogP) is 4.39. The van der Waals surface area contributed by atoms with Crippen LogP contribution in [-0.4, -0.2) is 24.9 Å².